The Balaban J connectivity index is 2.28. The lowest BCUT2D eigenvalue weighted by Crippen LogP contribution is -2.38. The van der Waals surface area contributed by atoms with Crippen molar-refractivity contribution in [3.63, 3.8) is 0 Å². The number of carbonyl (C=O) groups is 1. The van der Waals surface area contributed by atoms with Gasteiger partial charge in [0.2, 0.25) is 0 Å². The molecule has 1 saturated heterocycles. The van der Waals surface area contributed by atoms with Crippen LogP contribution in [0.2, 0.25) is 0 Å². The number of nitrogens with zero attached hydrogens (tertiary/aromatic N) is 1. The summed E-state index contributed by atoms with van der Waals surface area (Å²) in [4.78, 5) is 14.6. The van der Waals surface area contributed by atoms with Crippen LogP contribution in [0.1, 0.15) is 41.3 Å². The fraction of sp³-hybridized carbons (Fsp3) is 0.562. The summed E-state index contributed by atoms with van der Waals surface area (Å²) in [7, 11) is 1.63. The lowest BCUT2D eigenvalue weighted by molar-refractivity contribution is 0.0693. The molecular weight excluding hydrogens is 238 g/mol. The monoisotopic (exact) mass is 261 g/mol. The van der Waals surface area contributed by atoms with Crippen LogP contribution in [0.5, 0.6) is 5.75 Å². The van der Waals surface area contributed by atoms with Gasteiger partial charge in [-0.15, -0.1) is 0 Å². The average molecular weight is 261 g/mol. The van der Waals surface area contributed by atoms with Crippen molar-refractivity contribution in [2.75, 3.05) is 20.2 Å². The Kier molecular flexibility index (Phi) is 4.13. The van der Waals surface area contributed by atoms with E-state index in [4.69, 9.17) is 4.74 Å². The lowest BCUT2D eigenvalue weighted by Gasteiger charge is -2.31. The molecule has 3 heteroatoms. The summed E-state index contributed by atoms with van der Waals surface area (Å²) in [5, 5.41) is 0. The summed E-state index contributed by atoms with van der Waals surface area (Å²) in [6, 6.07) is 3.98. The van der Waals surface area contributed by atoms with E-state index in [9.17, 15) is 4.79 Å². The van der Waals surface area contributed by atoms with Crippen LogP contribution in [0.15, 0.2) is 12.1 Å². The maximum atomic E-state index is 12.7. The minimum Gasteiger partial charge on any atom is -0.496 e. The Morgan fingerprint density at radius 2 is 1.89 bits per heavy atom. The van der Waals surface area contributed by atoms with E-state index < -0.39 is 0 Å². The molecule has 0 unspecified atom stereocenters. The highest BCUT2D eigenvalue weighted by Crippen LogP contribution is 2.27. The molecule has 0 N–H and O–H groups in total. The van der Waals surface area contributed by atoms with Crippen LogP contribution in [0, 0.1) is 19.8 Å². The highest BCUT2D eigenvalue weighted by molar-refractivity contribution is 5.98. The van der Waals surface area contributed by atoms with Crippen LogP contribution in [0.4, 0.5) is 0 Å². The SMILES string of the molecule is COc1cc(C)cc(C)c1C(=O)N1CCC(C)CC1. The van der Waals surface area contributed by atoms with Crippen molar-refractivity contribution in [1.82, 2.24) is 4.90 Å². The van der Waals surface area contributed by atoms with E-state index in [0.717, 1.165) is 48.5 Å². The van der Waals surface area contributed by atoms with Gasteiger partial charge in [0.1, 0.15) is 5.75 Å². The van der Waals surface area contributed by atoms with Gasteiger partial charge in [0.25, 0.3) is 5.91 Å². The van der Waals surface area contributed by atoms with Crippen LogP contribution in [-0.2, 0) is 0 Å². The summed E-state index contributed by atoms with van der Waals surface area (Å²) < 4.78 is 5.39. The molecule has 0 atom stereocenters. The Morgan fingerprint density at radius 3 is 2.47 bits per heavy atom. The first-order valence-electron chi connectivity index (χ1n) is 6.97. The predicted molar refractivity (Wildman–Crippen MR) is 76.8 cm³/mol. The molecule has 0 bridgehead atoms. The molecule has 19 heavy (non-hydrogen) atoms. The molecule has 104 valence electrons. The number of carbonyl (C=O) groups excluding carboxylic acids is 1. The normalized spacial score (nSPS) is 16.5. The zero-order valence-corrected chi connectivity index (χ0v) is 12.3. The minimum absolute atomic E-state index is 0.112. The summed E-state index contributed by atoms with van der Waals surface area (Å²) >= 11 is 0. The second kappa shape index (κ2) is 5.64. The molecule has 1 aromatic rings. The smallest absolute Gasteiger partial charge is 0.257 e. The molecule has 1 fully saturated rings. The topological polar surface area (TPSA) is 29.5 Å². The van der Waals surface area contributed by atoms with E-state index in [2.05, 4.69) is 6.92 Å². The van der Waals surface area contributed by atoms with Gasteiger partial charge in [0.15, 0.2) is 0 Å². The van der Waals surface area contributed by atoms with Crippen LogP contribution >= 0.6 is 0 Å². The van der Waals surface area contributed by atoms with Crippen molar-refractivity contribution < 1.29 is 9.53 Å². The van der Waals surface area contributed by atoms with E-state index in [1.807, 2.05) is 30.9 Å². The van der Waals surface area contributed by atoms with Crippen molar-refractivity contribution in [2.45, 2.75) is 33.6 Å². The van der Waals surface area contributed by atoms with Gasteiger partial charge in [-0.25, -0.2) is 0 Å². The molecule has 1 aliphatic heterocycles. The molecule has 2 rings (SSSR count). The Labute approximate surface area is 115 Å². The van der Waals surface area contributed by atoms with Gasteiger partial charge >= 0.3 is 0 Å². The first-order valence-corrected chi connectivity index (χ1v) is 6.97. The zero-order chi connectivity index (χ0) is 14.0. The fourth-order valence-electron chi connectivity index (χ4n) is 2.73. The van der Waals surface area contributed by atoms with Crippen LogP contribution in [-0.4, -0.2) is 31.0 Å². The number of amides is 1. The maximum Gasteiger partial charge on any atom is 0.257 e. The van der Waals surface area contributed by atoms with E-state index in [-0.39, 0.29) is 5.91 Å². The molecular formula is C16H23NO2. The number of rotatable bonds is 2. The molecule has 0 saturated carbocycles. The highest BCUT2D eigenvalue weighted by atomic mass is 16.5. The van der Waals surface area contributed by atoms with Crippen molar-refractivity contribution >= 4 is 5.91 Å². The number of methoxy groups -OCH3 is 1. The molecule has 3 nitrogen and oxygen atoms in total. The maximum absolute atomic E-state index is 12.7. The molecule has 1 heterocycles. The van der Waals surface area contributed by atoms with Crippen LogP contribution < -0.4 is 4.74 Å². The second-order valence-corrected chi connectivity index (χ2v) is 5.63. The quantitative estimate of drug-likeness (QED) is 0.818. The van der Waals surface area contributed by atoms with Gasteiger partial charge in [-0.2, -0.15) is 0 Å². The van der Waals surface area contributed by atoms with Gasteiger partial charge in [-0.05, 0) is 49.8 Å². The molecule has 0 aliphatic carbocycles. The summed E-state index contributed by atoms with van der Waals surface area (Å²) in [6.07, 6.45) is 2.19. The number of piperidine rings is 1. The van der Waals surface area contributed by atoms with Crippen molar-refractivity contribution in [3.05, 3.63) is 28.8 Å². The van der Waals surface area contributed by atoms with E-state index in [1.54, 1.807) is 7.11 Å². The molecule has 0 radical (unpaired) electrons. The van der Waals surface area contributed by atoms with Gasteiger partial charge in [-0.3, -0.25) is 4.79 Å². The third kappa shape index (κ3) is 2.91. The summed E-state index contributed by atoms with van der Waals surface area (Å²) in [5.74, 6) is 1.53. The highest BCUT2D eigenvalue weighted by Gasteiger charge is 2.25. The number of aryl methyl sites for hydroxylation is 2. The lowest BCUT2D eigenvalue weighted by atomic mass is 9.97. The molecule has 1 aromatic carbocycles. The molecule has 1 amide bonds. The predicted octanol–water partition coefficient (Wildman–Crippen LogP) is 3.18. The van der Waals surface area contributed by atoms with Gasteiger partial charge in [0.05, 0.1) is 12.7 Å². The van der Waals surface area contributed by atoms with Crippen molar-refractivity contribution in [1.29, 1.82) is 0 Å². The average Bonchev–Trinajstić information content (AvgIpc) is 2.38. The van der Waals surface area contributed by atoms with E-state index >= 15 is 0 Å². The molecule has 0 aromatic heterocycles. The number of benzene rings is 1. The largest absolute Gasteiger partial charge is 0.496 e. The number of hydrogen-bond acceptors (Lipinski definition) is 2. The first-order chi connectivity index (χ1) is 9.02. The number of ether oxygens (including phenoxy) is 1. The summed E-state index contributed by atoms with van der Waals surface area (Å²) in [6.45, 7) is 7.97. The first kappa shape index (κ1) is 13.9. The Morgan fingerprint density at radius 1 is 1.26 bits per heavy atom. The fourth-order valence-corrected chi connectivity index (χ4v) is 2.73. The third-order valence-electron chi connectivity index (χ3n) is 3.95. The zero-order valence-electron chi connectivity index (χ0n) is 12.3. The van der Waals surface area contributed by atoms with Crippen molar-refractivity contribution in [2.24, 2.45) is 5.92 Å². The second-order valence-electron chi connectivity index (χ2n) is 5.63. The van der Waals surface area contributed by atoms with Crippen molar-refractivity contribution in [3.8, 4) is 5.75 Å². The van der Waals surface area contributed by atoms with Gasteiger partial charge < -0.3 is 9.64 Å². The third-order valence-corrected chi connectivity index (χ3v) is 3.95. The Bertz CT molecular complexity index is 474. The summed E-state index contributed by atoms with van der Waals surface area (Å²) in [5.41, 5.74) is 2.85. The van der Waals surface area contributed by atoms with Gasteiger partial charge in [-0.1, -0.05) is 13.0 Å². The number of hydrogen-bond donors (Lipinski definition) is 0. The Hall–Kier alpha value is -1.51. The van der Waals surface area contributed by atoms with E-state index in [0.29, 0.717) is 5.75 Å². The number of likely N-dealkylation sites (tertiary alicyclic amines) is 1. The van der Waals surface area contributed by atoms with E-state index in [1.165, 1.54) is 0 Å². The van der Waals surface area contributed by atoms with Crippen LogP contribution in [0.25, 0.3) is 0 Å². The minimum atomic E-state index is 0.112. The molecule has 1 aliphatic rings. The van der Waals surface area contributed by atoms with Gasteiger partial charge in [0, 0.05) is 13.1 Å². The molecule has 0 spiro atoms. The van der Waals surface area contributed by atoms with Crippen LogP contribution in [0.3, 0.4) is 0 Å². The standard InChI is InChI=1S/C16H23NO2/c1-11-5-7-17(8-6-11)16(18)15-13(3)9-12(2)10-14(15)19-4/h9-11H,5-8H2,1-4H3.